The minimum absolute atomic E-state index is 0.0497. The van der Waals surface area contributed by atoms with Crippen LogP contribution in [0.5, 0.6) is 11.5 Å². The first-order valence-electron chi connectivity index (χ1n) is 7.60. The Morgan fingerprint density at radius 3 is 2.72 bits per heavy atom. The molecule has 8 nitrogen and oxygen atoms in total. The minimum Gasteiger partial charge on any atom is -0.493 e. The summed E-state index contributed by atoms with van der Waals surface area (Å²) in [5.41, 5.74) is 0.569. The van der Waals surface area contributed by atoms with Gasteiger partial charge in [0.25, 0.3) is 0 Å². The van der Waals surface area contributed by atoms with Crippen LogP contribution >= 0.6 is 11.8 Å². The first kappa shape index (κ1) is 19.1. The zero-order chi connectivity index (χ0) is 18.2. The van der Waals surface area contributed by atoms with Crippen molar-refractivity contribution in [2.45, 2.75) is 11.7 Å². The van der Waals surface area contributed by atoms with E-state index in [0.717, 1.165) is 0 Å². The highest BCUT2D eigenvalue weighted by atomic mass is 32.2. The van der Waals surface area contributed by atoms with Crippen LogP contribution in [0.3, 0.4) is 0 Å². The molecule has 2 N–H and O–H groups in total. The zero-order valence-electron chi connectivity index (χ0n) is 14.3. The largest absolute Gasteiger partial charge is 0.493 e. The fourth-order valence-electron chi connectivity index (χ4n) is 2.15. The van der Waals surface area contributed by atoms with Crippen molar-refractivity contribution in [2.75, 3.05) is 39.8 Å². The van der Waals surface area contributed by atoms with Crippen LogP contribution in [0.15, 0.2) is 23.2 Å². The van der Waals surface area contributed by atoms with E-state index in [1.165, 1.54) is 26.0 Å². The molecular weight excluding hydrogens is 346 g/mol. The van der Waals surface area contributed by atoms with Gasteiger partial charge in [0.2, 0.25) is 11.8 Å². The van der Waals surface area contributed by atoms with Crippen molar-refractivity contribution in [2.24, 2.45) is 4.99 Å². The first-order chi connectivity index (χ1) is 12.1. The summed E-state index contributed by atoms with van der Waals surface area (Å²) in [6, 6.07) is 5.07. The van der Waals surface area contributed by atoms with Crippen molar-refractivity contribution in [3.8, 4) is 11.5 Å². The number of hydrogen-bond acceptors (Lipinski definition) is 7. The van der Waals surface area contributed by atoms with Gasteiger partial charge in [-0.15, -0.1) is 0 Å². The molecule has 0 aliphatic carbocycles. The summed E-state index contributed by atoms with van der Waals surface area (Å²) in [7, 11) is 4.65. The van der Waals surface area contributed by atoms with E-state index in [9.17, 15) is 9.59 Å². The van der Waals surface area contributed by atoms with E-state index in [1.807, 2.05) is 0 Å². The Morgan fingerprint density at radius 1 is 1.28 bits per heavy atom. The topological polar surface area (TPSA) is 98.2 Å². The van der Waals surface area contributed by atoms with Crippen molar-refractivity contribution < 1.29 is 23.8 Å². The highest BCUT2D eigenvalue weighted by Crippen LogP contribution is 2.30. The summed E-state index contributed by atoms with van der Waals surface area (Å²) < 4.78 is 15.3. The van der Waals surface area contributed by atoms with E-state index in [1.54, 1.807) is 25.3 Å². The summed E-state index contributed by atoms with van der Waals surface area (Å²) in [5, 5.41) is 5.44. The molecule has 1 atom stereocenters. The van der Waals surface area contributed by atoms with E-state index in [4.69, 9.17) is 14.2 Å². The number of methoxy groups -OCH3 is 3. The Labute approximate surface area is 150 Å². The van der Waals surface area contributed by atoms with E-state index in [-0.39, 0.29) is 18.2 Å². The number of nitrogens with zero attached hydrogens (tertiary/aromatic N) is 1. The Morgan fingerprint density at radius 2 is 2.04 bits per heavy atom. The lowest BCUT2D eigenvalue weighted by molar-refractivity contribution is -0.122. The number of ether oxygens (including phenoxy) is 3. The van der Waals surface area contributed by atoms with Gasteiger partial charge in [0.1, 0.15) is 5.25 Å². The van der Waals surface area contributed by atoms with Crippen LogP contribution in [0, 0.1) is 0 Å². The number of carbonyl (C=O) groups is 2. The molecule has 2 amide bonds. The number of amidine groups is 1. The van der Waals surface area contributed by atoms with Gasteiger partial charge in [-0.1, -0.05) is 11.8 Å². The van der Waals surface area contributed by atoms with Crippen LogP contribution in [0.2, 0.25) is 0 Å². The molecule has 0 spiro atoms. The number of carbonyl (C=O) groups excluding carboxylic acids is 2. The van der Waals surface area contributed by atoms with Gasteiger partial charge < -0.3 is 24.8 Å². The van der Waals surface area contributed by atoms with Gasteiger partial charge >= 0.3 is 0 Å². The minimum atomic E-state index is -0.499. The Hall–Kier alpha value is -2.26. The third kappa shape index (κ3) is 5.36. The number of benzene rings is 1. The summed E-state index contributed by atoms with van der Waals surface area (Å²) in [5.74, 6) is 0.602. The third-order valence-electron chi connectivity index (χ3n) is 3.37. The molecule has 136 valence electrons. The monoisotopic (exact) mass is 367 g/mol. The first-order valence-corrected chi connectivity index (χ1v) is 8.48. The smallest absolute Gasteiger partial charge is 0.240 e. The van der Waals surface area contributed by atoms with Crippen molar-refractivity contribution in [3.05, 3.63) is 18.2 Å². The summed E-state index contributed by atoms with van der Waals surface area (Å²) in [4.78, 5) is 28.3. The molecule has 1 fully saturated rings. The van der Waals surface area contributed by atoms with Crippen molar-refractivity contribution in [3.63, 3.8) is 0 Å². The molecule has 0 radical (unpaired) electrons. The maximum atomic E-state index is 12.2. The second kappa shape index (κ2) is 9.28. The Balaban J connectivity index is 1.92. The molecule has 9 heteroatoms. The van der Waals surface area contributed by atoms with E-state index >= 15 is 0 Å². The van der Waals surface area contributed by atoms with E-state index in [2.05, 4.69) is 15.6 Å². The normalized spacial score (nSPS) is 18.1. The molecule has 2 rings (SSSR count). The second-order valence-corrected chi connectivity index (χ2v) is 6.29. The van der Waals surface area contributed by atoms with Gasteiger partial charge in [-0.2, -0.15) is 0 Å². The molecule has 1 aliphatic heterocycles. The molecule has 0 aromatic heterocycles. The molecule has 1 unspecified atom stereocenters. The molecule has 1 aromatic rings. The van der Waals surface area contributed by atoms with Gasteiger partial charge in [-0.05, 0) is 12.1 Å². The van der Waals surface area contributed by atoms with E-state index in [0.29, 0.717) is 35.5 Å². The van der Waals surface area contributed by atoms with Crippen molar-refractivity contribution in [1.29, 1.82) is 0 Å². The lowest BCUT2D eigenvalue weighted by Crippen LogP contribution is -2.28. The summed E-state index contributed by atoms with van der Waals surface area (Å²) in [6.07, 6.45) is 0.0497. The van der Waals surface area contributed by atoms with Crippen LogP contribution in [-0.2, 0) is 14.3 Å². The Kier molecular flexibility index (Phi) is 7.08. The fourth-order valence-corrected chi connectivity index (χ4v) is 3.14. The Bertz CT molecular complexity index is 665. The van der Waals surface area contributed by atoms with Gasteiger partial charge in [-0.25, -0.2) is 0 Å². The van der Waals surface area contributed by atoms with Crippen LogP contribution in [0.25, 0.3) is 0 Å². The van der Waals surface area contributed by atoms with Crippen LogP contribution in [0.4, 0.5) is 5.69 Å². The average molecular weight is 367 g/mol. The molecular formula is C16H21N3O5S. The predicted octanol–water partition coefficient (Wildman–Crippen LogP) is 1.27. The molecule has 1 aliphatic rings. The molecule has 1 saturated heterocycles. The van der Waals surface area contributed by atoms with Crippen LogP contribution in [0.1, 0.15) is 6.42 Å². The molecule has 0 bridgehead atoms. The number of thioether (sulfide) groups is 1. The zero-order valence-corrected chi connectivity index (χ0v) is 15.1. The number of anilines is 1. The third-order valence-corrected chi connectivity index (χ3v) is 4.49. The predicted molar refractivity (Wildman–Crippen MR) is 96.5 cm³/mol. The second-order valence-electron chi connectivity index (χ2n) is 5.10. The number of aliphatic imine (C=N–C) groups is 1. The van der Waals surface area contributed by atoms with E-state index < -0.39 is 5.25 Å². The number of hydrogen-bond donors (Lipinski definition) is 2. The van der Waals surface area contributed by atoms with Gasteiger partial charge in [0, 0.05) is 25.3 Å². The van der Waals surface area contributed by atoms with Crippen LogP contribution < -0.4 is 20.1 Å². The maximum Gasteiger partial charge on any atom is 0.240 e. The summed E-state index contributed by atoms with van der Waals surface area (Å²) in [6.45, 7) is 0.939. The number of amides is 2. The summed E-state index contributed by atoms with van der Waals surface area (Å²) >= 11 is 1.25. The quantitative estimate of drug-likeness (QED) is 0.672. The lowest BCUT2D eigenvalue weighted by atomic mass is 10.2. The number of rotatable bonds is 8. The fraction of sp³-hybridized carbons (Fsp3) is 0.438. The van der Waals surface area contributed by atoms with Crippen molar-refractivity contribution >= 4 is 34.4 Å². The van der Waals surface area contributed by atoms with Gasteiger partial charge in [0.15, 0.2) is 16.7 Å². The van der Waals surface area contributed by atoms with Crippen LogP contribution in [-0.4, -0.2) is 56.7 Å². The lowest BCUT2D eigenvalue weighted by Gasteiger charge is -2.11. The highest BCUT2D eigenvalue weighted by molar-refractivity contribution is 8.15. The van der Waals surface area contributed by atoms with Gasteiger partial charge in [0.05, 0.1) is 27.4 Å². The van der Waals surface area contributed by atoms with Gasteiger partial charge in [-0.3, -0.25) is 14.6 Å². The average Bonchev–Trinajstić information content (AvgIpc) is 2.94. The molecule has 1 aromatic carbocycles. The standard InChI is InChI=1S/C16H21N3O5S/c1-22-7-6-17-16-19-15(21)13(25-16)9-14(20)18-10-4-5-11(23-2)12(8-10)24-3/h4-5,8,13H,6-7,9H2,1-3H3,(H,18,20)(H,17,19,21). The maximum absolute atomic E-state index is 12.2. The molecule has 25 heavy (non-hydrogen) atoms. The molecule has 1 heterocycles. The molecule has 0 saturated carbocycles. The number of nitrogens with one attached hydrogen (secondary N) is 2. The van der Waals surface area contributed by atoms with Crippen molar-refractivity contribution in [1.82, 2.24) is 5.32 Å². The SMILES string of the molecule is COCCN=C1NC(=O)C(CC(=O)Nc2ccc(OC)c(OC)c2)S1. The highest BCUT2D eigenvalue weighted by Gasteiger charge is 2.31.